The van der Waals surface area contributed by atoms with Gasteiger partial charge in [-0.1, -0.05) is 53.5 Å². The lowest BCUT2D eigenvalue weighted by molar-refractivity contribution is -0.115. The number of thioether (sulfide) groups is 1. The van der Waals surface area contributed by atoms with E-state index in [2.05, 4.69) is 31.9 Å². The van der Waals surface area contributed by atoms with Crippen molar-refractivity contribution in [3.05, 3.63) is 27.2 Å². The Balaban J connectivity index is 1.47. The Labute approximate surface area is 195 Å². The van der Waals surface area contributed by atoms with E-state index in [1.807, 2.05) is 6.92 Å². The van der Waals surface area contributed by atoms with Crippen LogP contribution in [0.2, 0.25) is 15.1 Å². The van der Waals surface area contributed by atoms with Crippen molar-refractivity contribution in [2.75, 3.05) is 23.3 Å². The number of anilines is 2. The lowest BCUT2D eigenvalue weighted by atomic mass is 10.00. The van der Waals surface area contributed by atoms with Gasteiger partial charge in [-0.25, -0.2) is 0 Å². The van der Waals surface area contributed by atoms with Crippen LogP contribution in [0.25, 0.3) is 0 Å². The van der Waals surface area contributed by atoms with E-state index >= 15 is 0 Å². The number of halogens is 3. The third kappa shape index (κ3) is 4.85. The van der Waals surface area contributed by atoms with Crippen LogP contribution in [-0.2, 0) is 4.79 Å². The molecule has 10 heteroatoms. The topological polar surface area (TPSA) is 63.1 Å². The number of hydrogen-bond acceptors (Lipinski definition) is 5. The van der Waals surface area contributed by atoms with Crippen LogP contribution in [0.5, 0.6) is 0 Å². The van der Waals surface area contributed by atoms with E-state index in [1.54, 1.807) is 6.07 Å². The smallest absolute Gasteiger partial charge is 0.237 e. The predicted molar refractivity (Wildman–Crippen MR) is 124 cm³/mol. The molecule has 162 valence electrons. The number of amides is 1. The third-order valence-electron chi connectivity index (χ3n) is 5.54. The van der Waals surface area contributed by atoms with E-state index in [9.17, 15) is 4.79 Å². The molecule has 1 aliphatic heterocycles. The van der Waals surface area contributed by atoms with E-state index in [0.29, 0.717) is 26.8 Å². The summed E-state index contributed by atoms with van der Waals surface area (Å²) in [7, 11) is 0. The van der Waals surface area contributed by atoms with Gasteiger partial charge in [0, 0.05) is 19.1 Å². The van der Waals surface area contributed by atoms with Gasteiger partial charge in [-0.05, 0) is 50.7 Å². The highest BCUT2D eigenvalue weighted by Crippen LogP contribution is 2.42. The summed E-state index contributed by atoms with van der Waals surface area (Å²) in [5.41, 5.74) is 0.440. The van der Waals surface area contributed by atoms with E-state index in [-0.39, 0.29) is 11.2 Å². The standard InChI is InChI=1S/C20H24Cl3N5OS/c1-11-5-7-27(8-6-11)19-25-26-20(28(19)13-3-4-13)30-12(2)18(29)24-17-10-15(22)14(21)9-16(17)23/h9-13H,3-8H2,1-2H3,(H,24,29). The van der Waals surface area contributed by atoms with Crippen molar-refractivity contribution in [1.29, 1.82) is 0 Å². The molecule has 0 bridgehead atoms. The Morgan fingerprint density at radius 1 is 1.10 bits per heavy atom. The van der Waals surface area contributed by atoms with Crippen LogP contribution in [0, 0.1) is 5.92 Å². The minimum atomic E-state index is -0.383. The van der Waals surface area contributed by atoms with Crippen LogP contribution in [-0.4, -0.2) is 39.0 Å². The lowest BCUT2D eigenvalue weighted by Crippen LogP contribution is -2.34. The Hall–Kier alpha value is -1.15. The van der Waals surface area contributed by atoms with Crippen molar-refractivity contribution in [3.8, 4) is 0 Å². The molecule has 1 amide bonds. The fourth-order valence-electron chi connectivity index (χ4n) is 3.49. The fourth-order valence-corrected chi connectivity index (χ4v) is 5.00. The molecule has 0 radical (unpaired) electrons. The second-order valence-electron chi connectivity index (χ2n) is 8.05. The number of benzene rings is 1. The van der Waals surface area contributed by atoms with Crippen LogP contribution in [0.15, 0.2) is 17.3 Å². The zero-order valence-electron chi connectivity index (χ0n) is 16.9. The minimum Gasteiger partial charge on any atom is -0.341 e. The van der Waals surface area contributed by atoms with Crippen molar-refractivity contribution in [1.82, 2.24) is 14.8 Å². The normalized spacial score (nSPS) is 18.5. The van der Waals surface area contributed by atoms with E-state index in [0.717, 1.165) is 43.0 Å². The van der Waals surface area contributed by atoms with Crippen LogP contribution in [0.3, 0.4) is 0 Å². The monoisotopic (exact) mass is 487 g/mol. The zero-order valence-corrected chi connectivity index (χ0v) is 20.0. The SMILES string of the molecule is CC1CCN(c2nnc(SC(C)C(=O)Nc3cc(Cl)c(Cl)cc3Cl)n2C2CC2)CC1. The molecule has 1 unspecified atom stereocenters. The number of nitrogens with one attached hydrogen (secondary N) is 1. The molecule has 1 saturated carbocycles. The van der Waals surface area contributed by atoms with E-state index < -0.39 is 0 Å². The molecule has 2 aromatic rings. The van der Waals surface area contributed by atoms with Gasteiger partial charge in [0.15, 0.2) is 5.16 Å². The quantitative estimate of drug-likeness (QED) is 0.403. The predicted octanol–water partition coefficient (Wildman–Crippen LogP) is 5.93. The second-order valence-corrected chi connectivity index (χ2v) is 10.6. The van der Waals surface area contributed by atoms with Gasteiger partial charge in [0.1, 0.15) is 0 Å². The Morgan fingerprint density at radius 2 is 1.77 bits per heavy atom. The highest BCUT2D eigenvalue weighted by molar-refractivity contribution is 8.00. The summed E-state index contributed by atoms with van der Waals surface area (Å²) >= 11 is 19.6. The molecular weight excluding hydrogens is 465 g/mol. The van der Waals surface area contributed by atoms with Gasteiger partial charge in [-0.15, -0.1) is 10.2 Å². The minimum absolute atomic E-state index is 0.181. The number of carbonyl (C=O) groups excluding carboxylic acids is 1. The first-order valence-electron chi connectivity index (χ1n) is 10.2. The molecule has 6 nitrogen and oxygen atoms in total. The zero-order chi connectivity index (χ0) is 21.4. The van der Waals surface area contributed by atoms with Gasteiger partial charge < -0.3 is 10.2 Å². The first kappa shape index (κ1) is 22.1. The van der Waals surface area contributed by atoms with Crippen molar-refractivity contribution in [2.24, 2.45) is 5.92 Å². The molecule has 1 aromatic heterocycles. The lowest BCUT2D eigenvalue weighted by Gasteiger charge is -2.31. The van der Waals surface area contributed by atoms with E-state index in [1.165, 1.54) is 30.7 Å². The second kappa shape index (κ2) is 9.15. The van der Waals surface area contributed by atoms with Gasteiger partial charge in [-0.2, -0.15) is 0 Å². The molecule has 1 atom stereocenters. The van der Waals surface area contributed by atoms with Crippen molar-refractivity contribution in [3.63, 3.8) is 0 Å². The third-order valence-corrected chi connectivity index (χ3v) is 7.64. The van der Waals surface area contributed by atoms with Crippen molar-refractivity contribution in [2.45, 2.75) is 56.0 Å². The average molecular weight is 489 g/mol. The summed E-state index contributed by atoms with van der Waals surface area (Å²) in [5, 5.41) is 13.2. The van der Waals surface area contributed by atoms with E-state index in [4.69, 9.17) is 34.8 Å². The molecule has 1 aromatic carbocycles. The molecule has 2 aliphatic rings. The summed E-state index contributed by atoms with van der Waals surface area (Å²) < 4.78 is 2.22. The maximum atomic E-state index is 12.8. The highest BCUT2D eigenvalue weighted by atomic mass is 35.5. The van der Waals surface area contributed by atoms with Crippen molar-refractivity contribution >= 4 is 64.1 Å². The molecule has 1 aliphatic carbocycles. The van der Waals surface area contributed by atoms with Gasteiger partial charge in [0.2, 0.25) is 11.9 Å². The summed E-state index contributed by atoms with van der Waals surface area (Å²) in [6.07, 6.45) is 4.59. The molecule has 30 heavy (non-hydrogen) atoms. The Bertz CT molecular complexity index is 941. The summed E-state index contributed by atoms with van der Waals surface area (Å²) in [6.45, 7) is 6.15. The number of piperidine rings is 1. The average Bonchev–Trinajstić information content (AvgIpc) is 3.47. The number of hydrogen-bond donors (Lipinski definition) is 1. The van der Waals surface area contributed by atoms with Crippen LogP contribution < -0.4 is 10.2 Å². The number of aromatic nitrogens is 3. The molecule has 1 N–H and O–H groups in total. The Morgan fingerprint density at radius 3 is 2.43 bits per heavy atom. The van der Waals surface area contributed by atoms with Gasteiger partial charge >= 0.3 is 0 Å². The van der Waals surface area contributed by atoms with Gasteiger partial charge in [0.05, 0.1) is 26.0 Å². The Kier molecular flexibility index (Phi) is 6.73. The molecule has 0 spiro atoms. The largest absolute Gasteiger partial charge is 0.341 e. The van der Waals surface area contributed by atoms with Crippen molar-refractivity contribution < 1.29 is 4.79 Å². The van der Waals surface area contributed by atoms with Crippen LogP contribution in [0.1, 0.15) is 45.6 Å². The molecule has 2 fully saturated rings. The number of rotatable bonds is 6. The molecular formula is C20H24Cl3N5OS. The summed E-state index contributed by atoms with van der Waals surface area (Å²) in [5.74, 6) is 1.51. The molecule has 1 saturated heterocycles. The van der Waals surface area contributed by atoms with Crippen LogP contribution >= 0.6 is 46.6 Å². The van der Waals surface area contributed by atoms with Gasteiger partial charge in [-0.3, -0.25) is 9.36 Å². The maximum absolute atomic E-state index is 12.8. The highest BCUT2D eigenvalue weighted by Gasteiger charge is 2.33. The molecule has 2 heterocycles. The summed E-state index contributed by atoms with van der Waals surface area (Å²) in [6, 6.07) is 3.51. The number of carbonyl (C=O) groups is 1. The summed E-state index contributed by atoms with van der Waals surface area (Å²) in [4.78, 5) is 15.1. The van der Waals surface area contributed by atoms with Gasteiger partial charge in [0.25, 0.3) is 0 Å². The first-order valence-corrected chi connectivity index (χ1v) is 12.2. The first-order chi connectivity index (χ1) is 14.3. The number of nitrogens with zero attached hydrogens (tertiary/aromatic N) is 4. The maximum Gasteiger partial charge on any atom is 0.237 e. The fraction of sp³-hybridized carbons (Fsp3) is 0.550. The van der Waals surface area contributed by atoms with Crippen LogP contribution in [0.4, 0.5) is 11.6 Å². The molecule has 4 rings (SSSR count).